The van der Waals surface area contributed by atoms with E-state index < -0.39 is 21.4 Å². The number of rotatable bonds is 6. The molecule has 0 aliphatic heterocycles. The van der Waals surface area contributed by atoms with Gasteiger partial charge in [-0.3, -0.25) is 0 Å². The maximum absolute atomic E-state index is 12.5. The quantitative estimate of drug-likeness (QED) is 0.427. The number of alkyl halides is 3. The lowest BCUT2D eigenvalue weighted by atomic mass is 10.2. The van der Waals surface area contributed by atoms with Gasteiger partial charge in [-0.25, -0.2) is 4.98 Å². The lowest BCUT2D eigenvalue weighted by Gasteiger charge is -2.13. The maximum atomic E-state index is 12.5. The number of halogens is 3. The van der Waals surface area contributed by atoms with Gasteiger partial charge in [-0.05, 0) is 36.4 Å². The molecule has 2 aromatic carbocycles. The van der Waals surface area contributed by atoms with E-state index in [1.54, 1.807) is 18.2 Å². The SMILES string of the molecule is COc1cccc(OC)c1Oc1ccc2cc(OS(=O)(=O)C(F)(F)F)ccc2n1. The van der Waals surface area contributed by atoms with Gasteiger partial charge in [0.25, 0.3) is 0 Å². The second kappa shape index (κ2) is 7.66. The number of hydrogen-bond acceptors (Lipinski definition) is 7. The summed E-state index contributed by atoms with van der Waals surface area (Å²) in [6, 6.07) is 11.5. The molecule has 0 aliphatic carbocycles. The lowest BCUT2D eigenvalue weighted by Crippen LogP contribution is -2.28. The summed E-state index contributed by atoms with van der Waals surface area (Å²) in [7, 11) is -2.83. The third-order valence-corrected chi connectivity index (χ3v) is 4.69. The summed E-state index contributed by atoms with van der Waals surface area (Å²) >= 11 is 0. The Kier molecular flexibility index (Phi) is 5.42. The normalized spacial score (nSPS) is 11.9. The van der Waals surface area contributed by atoms with Gasteiger partial charge in [0.1, 0.15) is 5.75 Å². The molecule has 0 N–H and O–H groups in total. The van der Waals surface area contributed by atoms with E-state index in [-0.39, 0.29) is 5.88 Å². The van der Waals surface area contributed by atoms with Gasteiger partial charge in [0, 0.05) is 11.5 Å². The summed E-state index contributed by atoms with van der Waals surface area (Å²) in [5.74, 6) is 0.786. The fraction of sp³-hybridized carbons (Fsp3) is 0.167. The van der Waals surface area contributed by atoms with E-state index in [1.807, 2.05) is 0 Å². The van der Waals surface area contributed by atoms with E-state index in [1.165, 1.54) is 32.4 Å². The highest BCUT2D eigenvalue weighted by Crippen LogP contribution is 2.39. The van der Waals surface area contributed by atoms with E-state index >= 15 is 0 Å². The van der Waals surface area contributed by atoms with Crippen molar-refractivity contribution >= 4 is 21.0 Å². The Morgan fingerprint density at radius 2 is 1.59 bits per heavy atom. The maximum Gasteiger partial charge on any atom is 0.534 e. The molecule has 0 spiro atoms. The molecule has 0 bridgehead atoms. The number of ether oxygens (including phenoxy) is 3. The van der Waals surface area contributed by atoms with Crippen LogP contribution in [0.2, 0.25) is 0 Å². The first kappa shape index (κ1) is 20.5. The first-order chi connectivity index (χ1) is 13.6. The van der Waals surface area contributed by atoms with E-state index in [0.717, 1.165) is 12.1 Å². The van der Waals surface area contributed by atoms with E-state index in [2.05, 4.69) is 9.17 Å². The molecule has 0 fully saturated rings. The minimum absolute atomic E-state index is 0.164. The van der Waals surface area contributed by atoms with Crippen molar-refractivity contribution in [1.82, 2.24) is 4.98 Å². The van der Waals surface area contributed by atoms with Crippen LogP contribution in [-0.2, 0) is 10.1 Å². The second-order valence-corrected chi connectivity index (χ2v) is 7.12. The molecule has 29 heavy (non-hydrogen) atoms. The van der Waals surface area contributed by atoms with Gasteiger partial charge in [0.2, 0.25) is 11.6 Å². The molecule has 0 aliphatic rings. The van der Waals surface area contributed by atoms with Crippen LogP contribution in [0.25, 0.3) is 10.9 Å². The van der Waals surface area contributed by atoms with Gasteiger partial charge in [-0.2, -0.15) is 21.6 Å². The molecule has 0 atom stereocenters. The van der Waals surface area contributed by atoms with Crippen molar-refractivity contribution in [2.24, 2.45) is 0 Å². The molecule has 154 valence electrons. The number of nitrogens with zero attached hydrogens (tertiary/aromatic N) is 1. The number of methoxy groups -OCH3 is 2. The predicted octanol–water partition coefficient (Wildman–Crippen LogP) is 4.27. The molecule has 3 aromatic rings. The highest BCUT2D eigenvalue weighted by atomic mass is 32.2. The Morgan fingerprint density at radius 3 is 2.17 bits per heavy atom. The van der Waals surface area contributed by atoms with Crippen LogP contribution in [0.4, 0.5) is 13.2 Å². The fourth-order valence-electron chi connectivity index (χ4n) is 2.39. The summed E-state index contributed by atoms with van der Waals surface area (Å²) in [5, 5.41) is 0.346. The van der Waals surface area contributed by atoms with Crippen molar-refractivity contribution in [3.63, 3.8) is 0 Å². The average molecular weight is 429 g/mol. The summed E-state index contributed by atoms with van der Waals surface area (Å²) < 4.78 is 80.0. The molecule has 0 radical (unpaired) electrons. The highest BCUT2D eigenvalue weighted by molar-refractivity contribution is 7.88. The minimum atomic E-state index is -5.76. The third-order valence-electron chi connectivity index (χ3n) is 3.71. The number of hydrogen-bond donors (Lipinski definition) is 0. The molecule has 11 heteroatoms. The van der Waals surface area contributed by atoms with E-state index in [9.17, 15) is 21.6 Å². The van der Waals surface area contributed by atoms with Crippen LogP contribution in [-0.4, -0.2) is 33.1 Å². The number of para-hydroxylation sites is 1. The molecular weight excluding hydrogens is 415 g/mol. The fourth-order valence-corrected chi connectivity index (χ4v) is 2.84. The molecule has 3 rings (SSSR count). The van der Waals surface area contributed by atoms with Crippen LogP contribution in [0, 0.1) is 0 Å². The van der Waals surface area contributed by atoms with Gasteiger partial charge >= 0.3 is 15.6 Å². The Balaban J connectivity index is 1.91. The molecule has 0 saturated carbocycles. The number of benzene rings is 2. The zero-order valence-corrected chi connectivity index (χ0v) is 15.9. The van der Waals surface area contributed by atoms with Crippen molar-refractivity contribution in [1.29, 1.82) is 0 Å². The van der Waals surface area contributed by atoms with Crippen LogP contribution in [0.5, 0.6) is 28.9 Å². The van der Waals surface area contributed by atoms with Crippen molar-refractivity contribution in [2.45, 2.75) is 5.51 Å². The number of pyridine rings is 1. The zero-order valence-electron chi connectivity index (χ0n) is 15.1. The number of fused-ring (bicyclic) bond motifs is 1. The molecule has 0 saturated heterocycles. The largest absolute Gasteiger partial charge is 0.534 e. The first-order valence-electron chi connectivity index (χ1n) is 7.95. The summed E-state index contributed by atoms with van der Waals surface area (Å²) in [4.78, 5) is 4.25. The van der Waals surface area contributed by atoms with Gasteiger partial charge < -0.3 is 18.4 Å². The summed E-state index contributed by atoms with van der Waals surface area (Å²) in [6.45, 7) is 0. The van der Waals surface area contributed by atoms with Crippen molar-refractivity contribution < 1.29 is 40.0 Å². The van der Waals surface area contributed by atoms with E-state index in [4.69, 9.17) is 14.2 Å². The molecule has 0 unspecified atom stereocenters. The van der Waals surface area contributed by atoms with Gasteiger partial charge in [-0.15, -0.1) is 0 Å². The zero-order chi connectivity index (χ0) is 21.2. The lowest BCUT2D eigenvalue weighted by molar-refractivity contribution is -0.0500. The molecule has 0 amide bonds. The van der Waals surface area contributed by atoms with Crippen LogP contribution in [0.3, 0.4) is 0 Å². The summed E-state index contributed by atoms with van der Waals surface area (Å²) in [6.07, 6.45) is 0. The Bertz CT molecular complexity index is 1130. The number of aromatic nitrogens is 1. The minimum Gasteiger partial charge on any atom is -0.493 e. The van der Waals surface area contributed by atoms with Gasteiger partial charge in [0.05, 0.1) is 19.7 Å². The van der Waals surface area contributed by atoms with Crippen LogP contribution >= 0.6 is 0 Å². The Morgan fingerprint density at radius 1 is 0.931 bits per heavy atom. The molecule has 1 heterocycles. The van der Waals surface area contributed by atoms with Crippen LogP contribution in [0.15, 0.2) is 48.5 Å². The average Bonchev–Trinajstić information content (AvgIpc) is 2.67. The highest BCUT2D eigenvalue weighted by Gasteiger charge is 2.48. The smallest absolute Gasteiger partial charge is 0.493 e. The Labute approximate surface area is 163 Å². The second-order valence-electron chi connectivity index (χ2n) is 5.58. The molecular formula is C18H14F3NO6S. The van der Waals surface area contributed by atoms with Gasteiger partial charge in [0.15, 0.2) is 11.5 Å². The van der Waals surface area contributed by atoms with Crippen LogP contribution in [0.1, 0.15) is 0 Å². The molecule has 1 aromatic heterocycles. The van der Waals surface area contributed by atoms with Crippen molar-refractivity contribution in [2.75, 3.05) is 14.2 Å². The van der Waals surface area contributed by atoms with Gasteiger partial charge in [-0.1, -0.05) is 6.07 Å². The summed E-state index contributed by atoms with van der Waals surface area (Å²) in [5.41, 5.74) is -5.18. The predicted molar refractivity (Wildman–Crippen MR) is 97.0 cm³/mol. The van der Waals surface area contributed by atoms with E-state index in [0.29, 0.717) is 28.2 Å². The monoisotopic (exact) mass is 429 g/mol. The third kappa shape index (κ3) is 4.29. The first-order valence-corrected chi connectivity index (χ1v) is 9.36. The standard InChI is InChI=1S/C18H14F3NO6S/c1-25-14-4-3-5-15(26-2)17(14)27-16-9-6-11-10-12(7-8-13(11)22-16)28-29(23,24)18(19,20)21/h3-10H,1-2H3. The van der Waals surface area contributed by atoms with Crippen molar-refractivity contribution in [3.8, 4) is 28.9 Å². The van der Waals surface area contributed by atoms with Crippen molar-refractivity contribution in [3.05, 3.63) is 48.5 Å². The topological polar surface area (TPSA) is 84.0 Å². The Hall–Kier alpha value is -3.21. The molecule has 7 nitrogen and oxygen atoms in total. The van der Waals surface area contributed by atoms with Crippen LogP contribution < -0.4 is 18.4 Å².